The van der Waals surface area contributed by atoms with E-state index in [4.69, 9.17) is 26.7 Å². The number of nitrogens with zero attached hydrogens (tertiary/aromatic N) is 3. The molecule has 172 valence electrons. The van der Waals surface area contributed by atoms with Gasteiger partial charge in [-0.25, -0.2) is 0 Å². The van der Waals surface area contributed by atoms with Crippen molar-refractivity contribution in [1.82, 2.24) is 15.3 Å². The molecule has 7 nitrogen and oxygen atoms in total. The van der Waals surface area contributed by atoms with Crippen LogP contribution in [0.4, 0.5) is 11.8 Å². The van der Waals surface area contributed by atoms with E-state index >= 15 is 0 Å². The number of hydrogen-bond acceptors (Lipinski definition) is 6. The first kappa shape index (κ1) is 22.8. The summed E-state index contributed by atoms with van der Waals surface area (Å²) < 4.78 is 11.2. The van der Waals surface area contributed by atoms with Gasteiger partial charge in [0.2, 0.25) is 11.8 Å². The van der Waals surface area contributed by atoms with Crippen molar-refractivity contribution >= 4 is 29.1 Å². The van der Waals surface area contributed by atoms with Crippen LogP contribution < -0.4 is 25.0 Å². The third kappa shape index (κ3) is 6.32. The number of piperidine rings is 1. The van der Waals surface area contributed by atoms with Gasteiger partial charge in [0.15, 0.2) is 5.11 Å². The van der Waals surface area contributed by atoms with E-state index in [1.807, 2.05) is 60.7 Å². The van der Waals surface area contributed by atoms with Gasteiger partial charge in [-0.1, -0.05) is 30.3 Å². The van der Waals surface area contributed by atoms with Crippen LogP contribution in [0.15, 0.2) is 60.7 Å². The lowest BCUT2D eigenvalue weighted by Crippen LogP contribution is -2.38. The third-order valence-electron chi connectivity index (χ3n) is 5.59. The van der Waals surface area contributed by atoms with Crippen molar-refractivity contribution in [2.24, 2.45) is 0 Å². The highest BCUT2D eigenvalue weighted by molar-refractivity contribution is 7.80. The van der Waals surface area contributed by atoms with Crippen LogP contribution in [0, 0.1) is 0 Å². The zero-order chi connectivity index (χ0) is 23.0. The minimum Gasteiger partial charge on any atom is -0.497 e. The van der Waals surface area contributed by atoms with E-state index in [2.05, 4.69) is 27.4 Å². The summed E-state index contributed by atoms with van der Waals surface area (Å²) in [5.74, 6) is 3.26. The van der Waals surface area contributed by atoms with Gasteiger partial charge in [0.25, 0.3) is 0 Å². The first-order valence-electron chi connectivity index (χ1n) is 11.2. The normalized spacial score (nSPS) is 15.6. The Kier molecular flexibility index (Phi) is 7.57. The molecule has 8 heteroatoms. The molecule has 0 amide bonds. The van der Waals surface area contributed by atoms with Gasteiger partial charge in [-0.3, -0.25) is 0 Å². The monoisotopic (exact) mass is 463 g/mol. The van der Waals surface area contributed by atoms with Crippen LogP contribution in [-0.4, -0.2) is 34.8 Å². The number of rotatable bonds is 7. The first-order chi connectivity index (χ1) is 16.1. The first-order valence-corrected chi connectivity index (χ1v) is 11.6. The lowest BCUT2D eigenvalue weighted by atomic mass is 10.0. The molecule has 1 aliphatic rings. The molecule has 2 aromatic carbocycles. The zero-order valence-corrected chi connectivity index (χ0v) is 19.8. The predicted molar refractivity (Wildman–Crippen MR) is 135 cm³/mol. The standard InChI is InChI=1S/C25H29N5O2S/c1-18-8-6-7-15-30(18)22-16-23(32-21-9-4-3-5-10-21)28-24(27-22)29-25(33)26-17-19-11-13-20(31-2)14-12-19/h3-5,9-14,16,18H,6-8,15,17H2,1-2H3,(H2,26,27,28,29,33)/t18-/m1/s1. The highest BCUT2D eigenvalue weighted by Crippen LogP contribution is 2.28. The van der Waals surface area contributed by atoms with Gasteiger partial charge in [0.1, 0.15) is 17.3 Å². The number of thiocarbonyl (C=S) groups is 1. The smallest absolute Gasteiger partial charge is 0.234 e. The van der Waals surface area contributed by atoms with Crippen LogP contribution in [0.25, 0.3) is 0 Å². The largest absolute Gasteiger partial charge is 0.497 e. The summed E-state index contributed by atoms with van der Waals surface area (Å²) >= 11 is 5.50. The number of anilines is 2. The minimum absolute atomic E-state index is 0.406. The van der Waals surface area contributed by atoms with Crippen LogP contribution in [0.2, 0.25) is 0 Å². The summed E-state index contributed by atoms with van der Waals surface area (Å²) in [6.07, 6.45) is 3.53. The summed E-state index contributed by atoms with van der Waals surface area (Å²) in [6.45, 7) is 3.77. The third-order valence-corrected chi connectivity index (χ3v) is 5.84. The highest BCUT2D eigenvalue weighted by atomic mass is 32.1. The van der Waals surface area contributed by atoms with Crippen molar-refractivity contribution in [2.45, 2.75) is 38.8 Å². The van der Waals surface area contributed by atoms with Crippen LogP contribution in [0.3, 0.4) is 0 Å². The Morgan fingerprint density at radius 1 is 1.06 bits per heavy atom. The maximum absolute atomic E-state index is 6.03. The van der Waals surface area contributed by atoms with Gasteiger partial charge < -0.3 is 25.0 Å². The van der Waals surface area contributed by atoms with Gasteiger partial charge in [-0.15, -0.1) is 0 Å². The molecule has 1 fully saturated rings. The second-order valence-electron chi connectivity index (χ2n) is 8.00. The Hall–Kier alpha value is -3.39. The number of ether oxygens (including phenoxy) is 2. The molecule has 0 saturated carbocycles. The summed E-state index contributed by atoms with van der Waals surface area (Å²) in [6, 6.07) is 19.8. The van der Waals surface area contributed by atoms with E-state index in [1.54, 1.807) is 7.11 Å². The second kappa shape index (κ2) is 11.0. The van der Waals surface area contributed by atoms with Crippen molar-refractivity contribution in [3.63, 3.8) is 0 Å². The Morgan fingerprint density at radius 3 is 2.58 bits per heavy atom. The second-order valence-corrected chi connectivity index (χ2v) is 8.41. The molecule has 0 spiro atoms. The van der Waals surface area contributed by atoms with Gasteiger partial charge >= 0.3 is 0 Å². The fourth-order valence-electron chi connectivity index (χ4n) is 3.79. The maximum Gasteiger partial charge on any atom is 0.234 e. The molecule has 2 heterocycles. The van der Waals surface area contributed by atoms with Crippen LogP contribution in [0.5, 0.6) is 17.4 Å². The molecule has 2 N–H and O–H groups in total. The van der Waals surface area contributed by atoms with Gasteiger partial charge in [0, 0.05) is 25.2 Å². The molecular formula is C25H29N5O2S. The van der Waals surface area contributed by atoms with Crippen LogP contribution >= 0.6 is 12.2 Å². The molecule has 4 rings (SSSR count). The fourth-order valence-corrected chi connectivity index (χ4v) is 3.95. The average molecular weight is 464 g/mol. The van der Waals surface area contributed by atoms with E-state index in [9.17, 15) is 0 Å². The summed E-state index contributed by atoms with van der Waals surface area (Å²) in [7, 11) is 1.65. The molecule has 1 saturated heterocycles. The van der Waals surface area contributed by atoms with Crippen molar-refractivity contribution in [3.8, 4) is 17.4 Å². The van der Waals surface area contributed by atoms with Crippen LogP contribution in [0.1, 0.15) is 31.7 Å². The molecule has 1 aromatic heterocycles. The van der Waals surface area contributed by atoms with Gasteiger partial charge in [-0.05, 0) is 68.2 Å². The molecule has 0 radical (unpaired) electrons. The number of hydrogen-bond donors (Lipinski definition) is 2. The number of para-hydroxylation sites is 1. The van der Waals surface area contributed by atoms with E-state index in [1.165, 1.54) is 6.42 Å². The van der Waals surface area contributed by atoms with Crippen molar-refractivity contribution < 1.29 is 9.47 Å². The van der Waals surface area contributed by atoms with E-state index in [0.717, 1.165) is 42.3 Å². The maximum atomic E-state index is 6.03. The quantitative estimate of drug-likeness (QED) is 0.467. The number of methoxy groups -OCH3 is 1. The number of aromatic nitrogens is 2. The molecule has 33 heavy (non-hydrogen) atoms. The SMILES string of the molecule is COc1ccc(CNC(=S)Nc2nc(Oc3ccccc3)cc(N3CCCC[C@H]3C)n2)cc1. The highest BCUT2D eigenvalue weighted by Gasteiger charge is 2.21. The van der Waals surface area contributed by atoms with Crippen LogP contribution in [-0.2, 0) is 6.54 Å². The Morgan fingerprint density at radius 2 is 1.85 bits per heavy atom. The molecule has 0 bridgehead atoms. The molecule has 3 aromatic rings. The predicted octanol–water partition coefficient (Wildman–Crippen LogP) is 5.14. The molecule has 0 unspecified atom stereocenters. The van der Waals surface area contributed by atoms with E-state index in [0.29, 0.717) is 29.5 Å². The Balaban J connectivity index is 1.49. The lowest BCUT2D eigenvalue weighted by molar-refractivity contribution is 0.414. The minimum atomic E-state index is 0.406. The van der Waals surface area contributed by atoms with Crippen molar-refractivity contribution in [1.29, 1.82) is 0 Å². The number of nitrogens with one attached hydrogen (secondary N) is 2. The average Bonchev–Trinajstić information content (AvgIpc) is 2.84. The Bertz CT molecular complexity index is 1060. The fraction of sp³-hybridized carbons (Fsp3) is 0.320. The van der Waals surface area contributed by atoms with Crippen molar-refractivity contribution in [3.05, 3.63) is 66.2 Å². The summed E-state index contributed by atoms with van der Waals surface area (Å²) in [4.78, 5) is 11.6. The van der Waals surface area contributed by atoms with Crippen molar-refractivity contribution in [2.75, 3.05) is 23.9 Å². The molecule has 1 atom stereocenters. The molecule has 0 aliphatic carbocycles. The topological polar surface area (TPSA) is 71.5 Å². The molecular weight excluding hydrogens is 434 g/mol. The summed E-state index contributed by atoms with van der Waals surface area (Å²) in [5, 5.41) is 6.77. The van der Waals surface area contributed by atoms with Gasteiger partial charge in [0.05, 0.1) is 7.11 Å². The van der Waals surface area contributed by atoms with Gasteiger partial charge in [-0.2, -0.15) is 9.97 Å². The van der Waals surface area contributed by atoms with E-state index in [-0.39, 0.29) is 0 Å². The zero-order valence-electron chi connectivity index (χ0n) is 19.0. The van der Waals surface area contributed by atoms with E-state index < -0.39 is 0 Å². The lowest BCUT2D eigenvalue weighted by Gasteiger charge is -2.34. The summed E-state index contributed by atoms with van der Waals surface area (Å²) in [5.41, 5.74) is 1.09. The number of benzene rings is 2. The molecule has 1 aliphatic heterocycles. The Labute approximate surface area is 200 Å².